The molecule has 0 bridgehead atoms. The molecule has 2 unspecified atom stereocenters. The first-order valence-corrected chi connectivity index (χ1v) is 9.69. The number of amides is 2. The van der Waals surface area contributed by atoms with E-state index in [1.54, 1.807) is 17.0 Å². The van der Waals surface area contributed by atoms with Gasteiger partial charge in [-0.15, -0.1) is 11.3 Å². The molecule has 1 aliphatic rings. The number of carbonyl (C=O) groups is 2. The summed E-state index contributed by atoms with van der Waals surface area (Å²) in [4.78, 5) is 31.1. The molecule has 6 nitrogen and oxygen atoms in total. The Morgan fingerprint density at radius 3 is 2.74 bits per heavy atom. The lowest BCUT2D eigenvalue weighted by atomic mass is 9.90. The van der Waals surface area contributed by atoms with Gasteiger partial charge in [0.1, 0.15) is 11.5 Å². The Hall–Kier alpha value is -2.48. The lowest BCUT2D eigenvalue weighted by Gasteiger charge is -2.39. The average molecular weight is 391 g/mol. The van der Waals surface area contributed by atoms with Gasteiger partial charge in [-0.25, -0.2) is 14.2 Å². The van der Waals surface area contributed by atoms with Gasteiger partial charge in [-0.2, -0.15) is 0 Å². The Balaban J connectivity index is 1.92. The third-order valence-corrected chi connectivity index (χ3v) is 5.90. The van der Waals surface area contributed by atoms with Crippen molar-refractivity contribution in [1.82, 2.24) is 15.2 Å². The monoisotopic (exact) mass is 391 g/mol. The zero-order chi connectivity index (χ0) is 19.6. The first-order chi connectivity index (χ1) is 12.9. The number of nitrogens with one attached hydrogen (secondary N) is 1. The van der Waals surface area contributed by atoms with E-state index in [2.05, 4.69) is 10.3 Å². The lowest BCUT2D eigenvalue weighted by molar-refractivity contribution is 0.0510. The molecule has 2 aromatic rings. The highest BCUT2D eigenvalue weighted by Gasteiger charge is 2.34. The topological polar surface area (TPSA) is 82.5 Å². The van der Waals surface area contributed by atoms with E-state index in [1.165, 1.54) is 23.5 Å². The second-order valence-electron chi connectivity index (χ2n) is 6.79. The first kappa shape index (κ1) is 19.3. The van der Waals surface area contributed by atoms with Gasteiger partial charge in [-0.3, -0.25) is 4.79 Å². The fraction of sp³-hybridized carbons (Fsp3) is 0.421. The molecule has 0 spiro atoms. The van der Waals surface area contributed by atoms with Crippen LogP contribution in [0.25, 0.3) is 10.4 Å². The second-order valence-corrected chi connectivity index (χ2v) is 7.99. The molecule has 1 aromatic carbocycles. The van der Waals surface area contributed by atoms with Crippen LogP contribution in [0.3, 0.4) is 0 Å². The van der Waals surface area contributed by atoms with Crippen LogP contribution < -0.4 is 5.32 Å². The maximum Gasteiger partial charge on any atom is 0.404 e. The van der Waals surface area contributed by atoms with Crippen molar-refractivity contribution in [2.24, 2.45) is 5.92 Å². The third kappa shape index (κ3) is 4.27. The molecule has 2 heterocycles. The van der Waals surface area contributed by atoms with Crippen LogP contribution in [0.2, 0.25) is 0 Å². The Kier molecular flexibility index (Phi) is 5.74. The fourth-order valence-electron chi connectivity index (χ4n) is 3.51. The summed E-state index contributed by atoms with van der Waals surface area (Å²) in [5, 5.41) is 12.1. The maximum atomic E-state index is 13.3. The van der Waals surface area contributed by atoms with Gasteiger partial charge in [-0.05, 0) is 43.4 Å². The van der Waals surface area contributed by atoms with Crippen molar-refractivity contribution in [3.63, 3.8) is 0 Å². The summed E-state index contributed by atoms with van der Waals surface area (Å²) >= 11 is 1.40. The Morgan fingerprint density at radius 2 is 2.07 bits per heavy atom. The number of likely N-dealkylation sites (tertiary alicyclic amines) is 1. The minimum Gasteiger partial charge on any atom is -0.465 e. The van der Waals surface area contributed by atoms with E-state index in [9.17, 15) is 14.0 Å². The zero-order valence-electron chi connectivity index (χ0n) is 15.2. The van der Waals surface area contributed by atoms with E-state index in [4.69, 9.17) is 5.11 Å². The van der Waals surface area contributed by atoms with E-state index < -0.39 is 6.09 Å². The van der Waals surface area contributed by atoms with Crippen molar-refractivity contribution in [2.45, 2.75) is 32.7 Å². The Bertz CT molecular complexity index is 837. The first-order valence-electron chi connectivity index (χ1n) is 8.88. The molecule has 0 radical (unpaired) electrons. The van der Waals surface area contributed by atoms with Gasteiger partial charge in [-0.1, -0.05) is 19.1 Å². The summed E-state index contributed by atoms with van der Waals surface area (Å²) in [5.41, 5.74) is 1.09. The minimum absolute atomic E-state index is 0.184. The quantitative estimate of drug-likeness (QED) is 0.831. The number of aryl methyl sites for hydroxylation is 1. The van der Waals surface area contributed by atoms with Gasteiger partial charge in [0.2, 0.25) is 0 Å². The number of rotatable bonds is 4. The van der Waals surface area contributed by atoms with Crippen molar-refractivity contribution in [2.75, 3.05) is 13.1 Å². The van der Waals surface area contributed by atoms with Gasteiger partial charge >= 0.3 is 6.09 Å². The normalized spacial score (nSPS) is 19.7. The molecule has 27 heavy (non-hydrogen) atoms. The number of hydrogen-bond donors (Lipinski definition) is 2. The van der Waals surface area contributed by atoms with Crippen molar-refractivity contribution in [1.29, 1.82) is 0 Å². The highest BCUT2D eigenvalue weighted by atomic mass is 32.1. The van der Waals surface area contributed by atoms with E-state index in [0.717, 1.165) is 23.4 Å². The SMILES string of the molecule is Cc1nc(C(=O)N2CCCC(C)C2CNC(=O)O)c(-c2ccc(F)cc2)s1. The van der Waals surface area contributed by atoms with Gasteiger partial charge in [0.05, 0.1) is 15.9 Å². The Labute approximate surface area is 161 Å². The predicted octanol–water partition coefficient (Wildman–Crippen LogP) is 3.77. The summed E-state index contributed by atoms with van der Waals surface area (Å²) in [6, 6.07) is 5.79. The molecule has 1 saturated heterocycles. The largest absolute Gasteiger partial charge is 0.465 e. The maximum absolute atomic E-state index is 13.3. The minimum atomic E-state index is -1.10. The molecular formula is C19H22FN3O3S. The van der Waals surface area contributed by atoms with Crippen LogP contribution >= 0.6 is 11.3 Å². The molecule has 1 fully saturated rings. The van der Waals surface area contributed by atoms with Crippen molar-refractivity contribution in [3.05, 3.63) is 40.8 Å². The van der Waals surface area contributed by atoms with Gasteiger partial charge in [0.15, 0.2) is 0 Å². The fourth-order valence-corrected chi connectivity index (χ4v) is 4.43. The zero-order valence-corrected chi connectivity index (χ0v) is 16.1. The molecule has 0 saturated carbocycles. The lowest BCUT2D eigenvalue weighted by Crippen LogP contribution is -2.53. The Morgan fingerprint density at radius 1 is 1.37 bits per heavy atom. The summed E-state index contributed by atoms with van der Waals surface area (Å²) in [6.07, 6.45) is 0.707. The number of halogens is 1. The molecule has 8 heteroatoms. The summed E-state index contributed by atoms with van der Waals surface area (Å²) in [6.45, 7) is 4.61. The molecule has 1 aromatic heterocycles. The van der Waals surface area contributed by atoms with E-state index in [0.29, 0.717) is 17.1 Å². The van der Waals surface area contributed by atoms with Crippen molar-refractivity contribution in [3.8, 4) is 10.4 Å². The van der Waals surface area contributed by atoms with Crippen LogP contribution in [0.15, 0.2) is 24.3 Å². The second kappa shape index (κ2) is 8.04. The summed E-state index contributed by atoms with van der Waals surface area (Å²) in [7, 11) is 0. The third-order valence-electron chi connectivity index (χ3n) is 4.88. The molecular weight excluding hydrogens is 369 g/mol. The highest BCUT2D eigenvalue weighted by Crippen LogP contribution is 2.33. The smallest absolute Gasteiger partial charge is 0.404 e. The van der Waals surface area contributed by atoms with Crippen LogP contribution in [-0.4, -0.2) is 46.1 Å². The number of aromatic nitrogens is 1. The summed E-state index contributed by atoms with van der Waals surface area (Å²) in [5.74, 6) is -0.358. The molecule has 144 valence electrons. The number of nitrogens with zero attached hydrogens (tertiary/aromatic N) is 2. The van der Waals surface area contributed by atoms with Crippen molar-refractivity contribution >= 4 is 23.3 Å². The highest BCUT2D eigenvalue weighted by molar-refractivity contribution is 7.15. The number of carbonyl (C=O) groups excluding carboxylic acids is 1. The van der Waals surface area contributed by atoms with Crippen LogP contribution in [0, 0.1) is 18.7 Å². The molecule has 2 N–H and O–H groups in total. The van der Waals surface area contributed by atoms with E-state index in [1.807, 2.05) is 13.8 Å². The molecule has 3 rings (SSSR count). The number of thiazole rings is 1. The van der Waals surface area contributed by atoms with Gasteiger partial charge in [0, 0.05) is 13.1 Å². The van der Waals surface area contributed by atoms with Crippen LogP contribution in [0.4, 0.5) is 9.18 Å². The van der Waals surface area contributed by atoms with Gasteiger partial charge < -0.3 is 15.3 Å². The molecule has 2 amide bonds. The predicted molar refractivity (Wildman–Crippen MR) is 101 cm³/mol. The molecule has 2 atom stereocenters. The number of benzene rings is 1. The number of piperidine rings is 1. The van der Waals surface area contributed by atoms with E-state index in [-0.39, 0.29) is 30.2 Å². The van der Waals surface area contributed by atoms with Crippen molar-refractivity contribution < 1.29 is 19.1 Å². The standard InChI is InChI=1S/C19H22FN3O3S/c1-11-4-3-9-23(15(11)10-21-19(25)26)18(24)16-17(27-12(2)22-16)13-5-7-14(20)8-6-13/h5-8,11,15,21H,3-4,9-10H2,1-2H3,(H,25,26). The van der Waals surface area contributed by atoms with Gasteiger partial charge in [0.25, 0.3) is 5.91 Å². The van der Waals surface area contributed by atoms with Crippen LogP contribution in [0.1, 0.15) is 35.3 Å². The average Bonchev–Trinajstić information content (AvgIpc) is 3.02. The van der Waals surface area contributed by atoms with E-state index >= 15 is 0 Å². The van der Waals surface area contributed by atoms with Crippen LogP contribution in [-0.2, 0) is 0 Å². The summed E-state index contributed by atoms with van der Waals surface area (Å²) < 4.78 is 13.3. The number of carboxylic acid groups (broad SMARTS) is 1. The van der Waals surface area contributed by atoms with Crippen LogP contribution in [0.5, 0.6) is 0 Å². The molecule has 1 aliphatic heterocycles. The molecule has 0 aliphatic carbocycles. The number of hydrogen-bond acceptors (Lipinski definition) is 4.